The summed E-state index contributed by atoms with van der Waals surface area (Å²) in [4.78, 5) is 2.51. The fraction of sp³-hybridized carbons (Fsp3) is 0.300. The van der Waals surface area contributed by atoms with Crippen molar-refractivity contribution in [2.24, 2.45) is 0 Å². The molecule has 0 amide bonds. The van der Waals surface area contributed by atoms with Gasteiger partial charge in [-0.25, -0.2) is 0 Å². The van der Waals surface area contributed by atoms with Gasteiger partial charge in [-0.3, -0.25) is 0 Å². The zero-order valence-electron chi connectivity index (χ0n) is 13.5. The lowest BCUT2D eigenvalue weighted by Crippen LogP contribution is -2.30. The van der Waals surface area contributed by atoms with E-state index in [2.05, 4.69) is 51.9 Å². The Labute approximate surface area is 137 Å². The largest absolute Gasteiger partial charge is 0.497 e. The molecule has 2 aromatic heterocycles. The van der Waals surface area contributed by atoms with Crippen molar-refractivity contribution in [3.8, 4) is 16.9 Å². The monoisotopic (exact) mass is 306 g/mol. The van der Waals surface area contributed by atoms with E-state index in [9.17, 15) is 0 Å². The lowest BCUT2D eigenvalue weighted by atomic mass is 10.1. The van der Waals surface area contributed by atoms with Crippen LogP contribution in [0.4, 0.5) is 5.82 Å². The Balaban J connectivity index is 1.74. The molecule has 3 nitrogen and oxygen atoms in total. The predicted molar refractivity (Wildman–Crippen MR) is 95.4 cm³/mol. The highest BCUT2D eigenvalue weighted by Gasteiger charge is 2.14. The molecule has 23 heavy (non-hydrogen) atoms. The first kappa shape index (κ1) is 14.2. The topological polar surface area (TPSA) is 16.9 Å². The van der Waals surface area contributed by atoms with Gasteiger partial charge < -0.3 is 14.0 Å². The SMILES string of the molecule is COc1ccc(-c2cc3cccc(N4CCCCC4)n3c2)cc1. The van der Waals surface area contributed by atoms with Gasteiger partial charge in [0.05, 0.1) is 7.11 Å². The second kappa shape index (κ2) is 5.99. The third kappa shape index (κ3) is 2.67. The third-order valence-electron chi connectivity index (χ3n) is 4.71. The van der Waals surface area contributed by atoms with Crippen molar-refractivity contribution in [2.75, 3.05) is 25.1 Å². The van der Waals surface area contributed by atoms with Crippen LogP contribution in [0.25, 0.3) is 16.6 Å². The number of piperidine rings is 1. The summed E-state index contributed by atoms with van der Waals surface area (Å²) in [7, 11) is 1.70. The summed E-state index contributed by atoms with van der Waals surface area (Å²) in [5, 5.41) is 0. The van der Waals surface area contributed by atoms with Crippen LogP contribution >= 0.6 is 0 Å². The van der Waals surface area contributed by atoms with Crippen LogP contribution in [-0.4, -0.2) is 24.6 Å². The quantitative estimate of drug-likeness (QED) is 0.703. The molecule has 118 valence electrons. The third-order valence-corrected chi connectivity index (χ3v) is 4.71. The average molecular weight is 306 g/mol. The highest BCUT2D eigenvalue weighted by molar-refractivity contribution is 5.72. The van der Waals surface area contributed by atoms with E-state index in [-0.39, 0.29) is 0 Å². The first-order valence-corrected chi connectivity index (χ1v) is 8.36. The minimum Gasteiger partial charge on any atom is -0.497 e. The van der Waals surface area contributed by atoms with Gasteiger partial charge >= 0.3 is 0 Å². The van der Waals surface area contributed by atoms with Gasteiger partial charge in [-0.15, -0.1) is 0 Å². The summed E-state index contributed by atoms with van der Waals surface area (Å²) in [6, 6.07) is 17.1. The molecule has 0 aliphatic carbocycles. The van der Waals surface area contributed by atoms with E-state index in [1.807, 2.05) is 12.1 Å². The fourth-order valence-electron chi connectivity index (χ4n) is 3.44. The van der Waals surface area contributed by atoms with Crippen LogP contribution in [0.15, 0.2) is 54.7 Å². The smallest absolute Gasteiger partial charge is 0.118 e. The highest BCUT2D eigenvalue weighted by atomic mass is 16.5. The summed E-state index contributed by atoms with van der Waals surface area (Å²) in [5.74, 6) is 2.20. The van der Waals surface area contributed by atoms with Gasteiger partial charge in [-0.05, 0) is 55.2 Å². The molecule has 4 rings (SSSR count). The Bertz CT molecular complexity index is 798. The van der Waals surface area contributed by atoms with Crippen LogP contribution in [-0.2, 0) is 0 Å². The maximum absolute atomic E-state index is 5.25. The summed E-state index contributed by atoms with van der Waals surface area (Å²) in [6.45, 7) is 2.32. The van der Waals surface area contributed by atoms with E-state index in [4.69, 9.17) is 4.74 Å². The van der Waals surface area contributed by atoms with Crippen molar-refractivity contribution in [3.05, 3.63) is 54.7 Å². The Kier molecular flexibility index (Phi) is 3.70. The minimum absolute atomic E-state index is 0.895. The molecular formula is C20H22N2O. The van der Waals surface area contributed by atoms with Gasteiger partial charge in [-0.1, -0.05) is 18.2 Å². The number of ether oxygens (including phenoxy) is 1. The second-order valence-corrected chi connectivity index (χ2v) is 6.18. The number of rotatable bonds is 3. The molecule has 0 saturated carbocycles. The van der Waals surface area contributed by atoms with Gasteiger partial charge in [0.25, 0.3) is 0 Å². The number of hydrogen-bond acceptors (Lipinski definition) is 2. The number of benzene rings is 1. The highest BCUT2D eigenvalue weighted by Crippen LogP contribution is 2.28. The first-order valence-electron chi connectivity index (χ1n) is 8.36. The van der Waals surface area contributed by atoms with Gasteiger partial charge in [-0.2, -0.15) is 0 Å². The van der Waals surface area contributed by atoms with Gasteiger partial charge in [0.1, 0.15) is 11.6 Å². The maximum atomic E-state index is 5.25. The van der Waals surface area contributed by atoms with E-state index in [1.165, 1.54) is 41.7 Å². The Morgan fingerprint density at radius 3 is 2.39 bits per heavy atom. The Morgan fingerprint density at radius 2 is 1.65 bits per heavy atom. The van der Waals surface area contributed by atoms with Crippen LogP contribution in [0.2, 0.25) is 0 Å². The van der Waals surface area contributed by atoms with Crippen LogP contribution in [0.3, 0.4) is 0 Å². The molecule has 0 bridgehead atoms. The first-order chi connectivity index (χ1) is 11.3. The number of nitrogens with zero attached hydrogens (tertiary/aromatic N) is 2. The van der Waals surface area contributed by atoms with E-state index in [1.54, 1.807) is 7.11 Å². The molecule has 0 unspecified atom stereocenters. The van der Waals surface area contributed by atoms with Crippen molar-refractivity contribution in [1.29, 1.82) is 0 Å². The van der Waals surface area contributed by atoms with Crippen LogP contribution < -0.4 is 9.64 Å². The number of fused-ring (bicyclic) bond motifs is 1. The molecule has 3 aromatic rings. The summed E-state index contributed by atoms with van der Waals surface area (Å²) in [5.41, 5.74) is 3.72. The van der Waals surface area contributed by atoms with Crippen LogP contribution in [0.1, 0.15) is 19.3 Å². The summed E-state index contributed by atoms with van der Waals surface area (Å²) < 4.78 is 7.57. The number of anilines is 1. The molecule has 0 atom stereocenters. The number of pyridine rings is 1. The van der Waals surface area contributed by atoms with Crippen molar-refractivity contribution in [3.63, 3.8) is 0 Å². The minimum atomic E-state index is 0.895. The number of methoxy groups -OCH3 is 1. The zero-order valence-corrected chi connectivity index (χ0v) is 13.5. The van der Waals surface area contributed by atoms with Gasteiger partial charge in [0, 0.05) is 30.4 Å². The van der Waals surface area contributed by atoms with Crippen molar-refractivity contribution < 1.29 is 4.74 Å². The van der Waals surface area contributed by atoms with Crippen molar-refractivity contribution in [1.82, 2.24) is 4.40 Å². The predicted octanol–water partition coefficient (Wildman–Crippen LogP) is 4.61. The standard InChI is InChI=1S/C20H22N2O/c1-23-19-10-8-16(9-11-19)17-14-18-6-5-7-20(22(18)15-17)21-12-3-2-4-13-21/h5-11,14-15H,2-4,12-13H2,1H3. The summed E-state index contributed by atoms with van der Waals surface area (Å²) >= 11 is 0. The van der Waals surface area contributed by atoms with Crippen molar-refractivity contribution in [2.45, 2.75) is 19.3 Å². The van der Waals surface area contributed by atoms with Gasteiger partial charge in [0.15, 0.2) is 0 Å². The fourth-order valence-corrected chi connectivity index (χ4v) is 3.44. The molecule has 1 saturated heterocycles. The number of aromatic nitrogens is 1. The van der Waals surface area contributed by atoms with Crippen LogP contribution in [0.5, 0.6) is 5.75 Å². The van der Waals surface area contributed by atoms with Crippen molar-refractivity contribution >= 4 is 11.3 Å². The maximum Gasteiger partial charge on any atom is 0.118 e. The summed E-state index contributed by atoms with van der Waals surface area (Å²) in [6.07, 6.45) is 6.20. The number of hydrogen-bond donors (Lipinski definition) is 0. The molecule has 0 radical (unpaired) electrons. The molecule has 1 aromatic carbocycles. The molecule has 1 fully saturated rings. The van der Waals surface area contributed by atoms with E-state index in [0.29, 0.717) is 0 Å². The second-order valence-electron chi connectivity index (χ2n) is 6.18. The zero-order chi connectivity index (χ0) is 15.6. The molecule has 0 spiro atoms. The Morgan fingerprint density at radius 1 is 0.870 bits per heavy atom. The van der Waals surface area contributed by atoms with Gasteiger partial charge in [0.2, 0.25) is 0 Å². The molecule has 3 heteroatoms. The molecule has 3 heterocycles. The van der Waals surface area contributed by atoms with Crippen LogP contribution in [0, 0.1) is 0 Å². The van der Waals surface area contributed by atoms with E-state index in [0.717, 1.165) is 18.8 Å². The molecule has 1 aliphatic heterocycles. The normalized spacial score (nSPS) is 15.1. The van der Waals surface area contributed by atoms with E-state index >= 15 is 0 Å². The Hall–Kier alpha value is -2.42. The van der Waals surface area contributed by atoms with E-state index < -0.39 is 0 Å². The molecule has 0 N–H and O–H groups in total. The molecular weight excluding hydrogens is 284 g/mol. The molecule has 1 aliphatic rings. The lowest BCUT2D eigenvalue weighted by Gasteiger charge is -2.29. The lowest BCUT2D eigenvalue weighted by molar-refractivity contribution is 0.415. The average Bonchev–Trinajstić information content (AvgIpc) is 3.06.